The van der Waals surface area contributed by atoms with Crippen LogP contribution >= 0.6 is 0 Å². The first-order valence-corrected chi connectivity index (χ1v) is 5.47. The SMILES string of the molecule is CCNC(C(C)CC)C(CC)OC. The van der Waals surface area contributed by atoms with Gasteiger partial charge in [-0.05, 0) is 18.9 Å². The minimum Gasteiger partial charge on any atom is -0.380 e. The first kappa shape index (κ1) is 12.9. The van der Waals surface area contributed by atoms with Crippen LogP contribution in [-0.2, 0) is 4.74 Å². The molecular formula is C11H25NO. The molecule has 2 heteroatoms. The van der Waals surface area contributed by atoms with Crippen molar-refractivity contribution in [3.8, 4) is 0 Å². The van der Waals surface area contributed by atoms with Gasteiger partial charge >= 0.3 is 0 Å². The summed E-state index contributed by atoms with van der Waals surface area (Å²) in [7, 11) is 1.81. The Morgan fingerprint density at radius 3 is 2.08 bits per heavy atom. The van der Waals surface area contributed by atoms with E-state index in [0.29, 0.717) is 18.1 Å². The minimum atomic E-state index is 0.356. The highest BCUT2D eigenvalue weighted by atomic mass is 16.5. The Morgan fingerprint density at radius 2 is 1.77 bits per heavy atom. The highest BCUT2D eigenvalue weighted by Crippen LogP contribution is 2.15. The number of hydrogen-bond acceptors (Lipinski definition) is 2. The second kappa shape index (κ2) is 7.34. The lowest BCUT2D eigenvalue weighted by Gasteiger charge is -2.30. The molecule has 0 aliphatic rings. The number of nitrogens with one attached hydrogen (secondary N) is 1. The van der Waals surface area contributed by atoms with E-state index < -0.39 is 0 Å². The van der Waals surface area contributed by atoms with E-state index >= 15 is 0 Å². The quantitative estimate of drug-likeness (QED) is 0.661. The van der Waals surface area contributed by atoms with Crippen molar-refractivity contribution in [3.05, 3.63) is 0 Å². The first-order valence-electron chi connectivity index (χ1n) is 5.47. The van der Waals surface area contributed by atoms with Crippen LogP contribution in [0.4, 0.5) is 0 Å². The summed E-state index contributed by atoms with van der Waals surface area (Å²) in [4.78, 5) is 0. The normalized spacial score (nSPS) is 18.2. The predicted molar refractivity (Wildman–Crippen MR) is 58.0 cm³/mol. The van der Waals surface area contributed by atoms with Gasteiger partial charge in [0.2, 0.25) is 0 Å². The second-order valence-corrected chi connectivity index (χ2v) is 3.65. The summed E-state index contributed by atoms with van der Waals surface area (Å²) in [6, 6.07) is 0.505. The van der Waals surface area contributed by atoms with Crippen molar-refractivity contribution in [1.29, 1.82) is 0 Å². The summed E-state index contributed by atoms with van der Waals surface area (Å²) in [6.45, 7) is 9.87. The lowest BCUT2D eigenvalue weighted by molar-refractivity contribution is 0.0472. The summed E-state index contributed by atoms with van der Waals surface area (Å²) < 4.78 is 5.47. The Kier molecular flexibility index (Phi) is 7.29. The monoisotopic (exact) mass is 187 g/mol. The fraction of sp³-hybridized carbons (Fsp3) is 1.00. The van der Waals surface area contributed by atoms with Gasteiger partial charge in [-0.2, -0.15) is 0 Å². The Hall–Kier alpha value is -0.0800. The van der Waals surface area contributed by atoms with Crippen LogP contribution in [0.1, 0.15) is 40.5 Å². The number of ether oxygens (including phenoxy) is 1. The van der Waals surface area contributed by atoms with E-state index in [9.17, 15) is 0 Å². The molecule has 0 heterocycles. The summed E-state index contributed by atoms with van der Waals surface area (Å²) in [5.74, 6) is 0.685. The molecule has 0 saturated carbocycles. The van der Waals surface area contributed by atoms with Crippen LogP contribution in [0.25, 0.3) is 0 Å². The third-order valence-corrected chi connectivity index (χ3v) is 2.80. The maximum atomic E-state index is 5.47. The highest BCUT2D eigenvalue weighted by Gasteiger charge is 2.23. The Bertz CT molecular complexity index is 113. The van der Waals surface area contributed by atoms with Crippen LogP contribution in [0.2, 0.25) is 0 Å². The highest BCUT2D eigenvalue weighted by molar-refractivity contribution is 4.79. The van der Waals surface area contributed by atoms with Gasteiger partial charge in [-0.1, -0.05) is 34.1 Å². The molecule has 0 aromatic carbocycles. The molecule has 0 aromatic rings. The van der Waals surface area contributed by atoms with E-state index in [-0.39, 0.29) is 0 Å². The number of likely N-dealkylation sites (N-methyl/N-ethyl adjacent to an activating group) is 1. The van der Waals surface area contributed by atoms with Crippen LogP contribution in [0, 0.1) is 5.92 Å². The maximum absolute atomic E-state index is 5.47. The largest absolute Gasteiger partial charge is 0.380 e. The van der Waals surface area contributed by atoms with Crippen molar-refractivity contribution in [1.82, 2.24) is 5.32 Å². The molecule has 0 rings (SSSR count). The molecule has 1 N–H and O–H groups in total. The molecular weight excluding hydrogens is 162 g/mol. The fourth-order valence-corrected chi connectivity index (χ4v) is 1.76. The Labute approximate surface area is 83.1 Å². The van der Waals surface area contributed by atoms with Gasteiger partial charge in [0.05, 0.1) is 6.10 Å². The number of rotatable bonds is 7. The lowest BCUT2D eigenvalue weighted by atomic mass is 9.93. The topological polar surface area (TPSA) is 21.3 Å². The molecule has 2 nitrogen and oxygen atoms in total. The third-order valence-electron chi connectivity index (χ3n) is 2.80. The van der Waals surface area contributed by atoms with Crippen LogP contribution < -0.4 is 5.32 Å². The van der Waals surface area contributed by atoms with Crippen LogP contribution in [0.15, 0.2) is 0 Å². The molecule has 0 aliphatic carbocycles. The summed E-state index contributed by atoms with van der Waals surface area (Å²) in [5, 5.41) is 3.51. The smallest absolute Gasteiger partial charge is 0.0724 e. The van der Waals surface area contributed by atoms with Crippen molar-refractivity contribution in [3.63, 3.8) is 0 Å². The Balaban J connectivity index is 4.19. The molecule has 0 radical (unpaired) electrons. The van der Waals surface area contributed by atoms with Crippen LogP contribution in [0.3, 0.4) is 0 Å². The van der Waals surface area contributed by atoms with Gasteiger partial charge in [-0.25, -0.2) is 0 Å². The standard InChI is InChI=1S/C11H25NO/c1-6-9(4)11(12-8-3)10(7-2)13-5/h9-12H,6-8H2,1-5H3. The molecule has 13 heavy (non-hydrogen) atoms. The van der Waals surface area contributed by atoms with Gasteiger partial charge in [-0.15, -0.1) is 0 Å². The van der Waals surface area contributed by atoms with Gasteiger partial charge in [0.25, 0.3) is 0 Å². The average molecular weight is 187 g/mol. The fourth-order valence-electron chi connectivity index (χ4n) is 1.76. The van der Waals surface area contributed by atoms with Crippen molar-refractivity contribution in [2.45, 2.75) is 52.7 Å². The zero-order valence-electron chi connectivity index (χ0n) is 9.76. The van der Waals surface area contributed by atoms with Gasteiger partial charge in [0.1, 0.15) is 0 Å². The molecule has 0 aromatic heterocycles. The van der Waals surface area contributed by atoms with Crippen LogP contribution in [-0.4, -0.2) is 25.8 Å². The molecule has 0 amide bonds. The molecule has 0 spiro atoms. The minimum absolute atomic E-state index is 0.356. The van der Waals surface area contributed by atoms with Gasteiger partial charge < -0.3 is 10.1 Å². The average Bonchev–Trinajstić information content (AvgIpc) is 2.17. The number of methoxy groups -OCH3 is 1. The molecule has 0 bridgehead atoms. The third kappa shape index (κ3) is 4.10. The Morgan fingerprint density at radius 1 is 1.15 bits per heavy atom. The van der Waals surface area contributed by atoms with Crippen molar-refractivity contribution >= 4 is 0 Å². The molecule has 80 valence electrons. The van der Waals surface area contributed by atoms with Crippen molar-refractivity contribution in [2.75, 3.05) is 13.7 Å². The van der Waals surface area contributed by atoms with E-state index in [1.54, 1.807) is 7.11 Å². The summed E-state index contributed by atoms with van der Waals surface area (Å²) in [5.41, 5.74) is 0. The van der Waals surface area contributed by atoms with E-state index in [4.69, 9.17) is 4.74 Å². The summed E-state index contributed by atoms with van der Waals surface area (Å²) in [6.07, 6.45) is 2.64. The first-order chi connectivity index (χ1) is 6.21. The second-order valence-electron chi connectivity index (χ2n) is 3.65. The molecule has 3 atom stereocenters. The van der Waals surface area contributed by atoms with E-state index in [2.05, 4.69) is 33.0 Å². The molecule has 0 aliphatic heterocycles. The predicted octanol–water partition coefficient (Wildman–Crippen LogP) is 2.44. The molecule has 0 fully saturated rings. The van der Waals surface area contributed by atoms with Gasteiger partial charge in [0.15, 0.2) is 0 Å². The maximum Gasteiger partial charge on any atom is 0.0724 e. The lowest BCUT2D eigenvalue weighted by Crippen LogP contribution is -2.45. The van der Waals surface area contributed by atoms with Gasteiger partial charge in [0, 0.05) is 13.2 Å². The van der Waals surface area contributed by atoms with Crippen molar-refractivity contribution in [2.24, 2.45) is 5.92 Å². The number of hydrogen-bond donors (Lipinski definition) is 1. The molecule has 0 saturated heterocycles. The zero-order chi connectivity index (χ0) is 10.3. The van der Waals surface area contributed by atoms with Crippen LogP contribution in [0.5, 0.6) is 0 Å². The van der Waals surface area contributed by atoms with E-state index in [1.807, 2.05) is 0 Å². The van der Waals surface area contributed by atoms with E-state index in [1.165, 1.54) is 6.42 Å². The zero-order valence-corrected chi connectivity index (χ0v) is 9.76. The van der Waals surface area contributed by atoms with Crippen molar-refractivity contribution < 1.29 is 4.74 Å². The summed E-state index contributed by atoms with van der Waals surface area (Å²) >= 11 is 0. The van der Waals surface area contributed by atoms with E-state index in [0.717, 1.165) is 13.0 Å². The van der Waals surface area contributed by atoms with Gasteiger partial charge in [-0.3, -0.25) is 0 Å². The molecule has 3 unspecified atom stereocenters.